The van der Waals surface area contributed by atoms with Crippen LogP contribution in [0.4, 0.5) is 5.69 Å². The Hall–Kier alpha value is -3.18. The monoisotopic (exact) mass is 443 g/mol. The van der Waals surface area contributed by atoms with Gasteiger partial charge in [0.2, 0.25) is 5.91 Å². The predicted molar refractivity (Wildman–Crippen MR) is 135 cm³/mol. The number of aryl methyl sites for hydroxylation is 1. The molecule has 1 fully saturated rings. The number of rotatable bonds is 6. The largest absolute Gasteiger partial charge is 0.345 e. The quantitative estimate of drug-likeness (QED) is 0.532. The van der Waals surface area contributed by atoms with Crippen molar-refractivity contribution in [2.75, 3.05) is 11.9 Å². The zero-order valence-corrected chi connectivity index (χ0v) is 19.9. The maximum Gasteiger partial charge on any atom is 0.252 e. The lowest BCUT2D eigenvalue weighted by molar-refractivity contribution is -0.120. The number of benzene rings is 3. The number of carbonyl (C=O) groups excluding carboxylic acids is 2. The molecule has 0 radical (unpaired) electrons. The average Bonchev–Trinajstić information content (AvgIpc) is 3.30. The number of nitrogens with one attached hydrogen (secondary N) is 2. The third kappa shape index (κ3) is 4.93. The van der Waals surface area contributed by atoms with Crippen LogP contribution < -0.4 is 10.6 Å². The van der Waals surface area contributed by atoms with Crippen molar-refractivity contribution in [2.24, 2.45) is 0 Å². The van der Waals surface area contributed by atoms with Crippen LogP contribution in [-0.4, -0.2) is 35.3 Å². The van der Waals surface area contributed by atoms with Crippen molar-refractivity contribution in [1.82, 2.24) is 10.2 Å². The van der Waals surface area contributed by atoms with E-state index in [0.717, 1.165) is 41.3 Å². The summed E-state index contributed by atoms with van der Waals surface area (Å²) in [6.45, 7) is 9.11. The van der Waals surface area contributed by atoms with E-state index < -0.39 is 0 Å². The number of likely N-dealkylation sites (tertiary alicyclic amines) is 1. The van der Waals surface area contributed by atoms with Gasteiger partial charge in [0.15, 0.2) is 0 Å². The van der Waals surface area contributed by atoms with Gasteiger partial charge in [0.05, 0.1) is 12.1 Å². The second-order valence-electron chi connectivity index (χ2n) is 9.27. The topological polar surface area (TPSA) is 61.4 Å². The lowest BCUT2D eigenvalue weighted by atomic mass is 9.99. The Morgan fingerprint density at radius 2 is 1.76 bits per heavy atom. The molecule has 0 aromatic heterocycles. The molecule has 5 nitrogen and oxygen atoms in total. The molecule has 0 aliphatic carbocycles. The minimum absolute atomic E-state index is 0.000495. The van der Waals surface area contributed by atoms with Gasteiger partial charge in [0, 0.05) is 17.3 Å². The summed E-state index contributed by atoms with van der Waals surface area (Å²) < 4.78 is 0. The molecule has 2 N–H and O–H groups in total. The summed E-state index contributed by atoms with van der Waals surface area (Å²) in [5.74, 6) is -0.144. The molecule has 3 aromatic carbocycles. The molecule has 2 atom stereocenters. The number of carbonyl (C=O) groups is 2. The van der Waals surface area contributed by atoms with Gasteiger partial charge in [-0.3, -0.25) is 14.5 Å². The van der Waals surface area contributed by atoms with Crippen molar-refractivity contribution in [3.05, 3.63) is 77.4 Å². The van der Waals surface area contributed by atoms with E-state index in [1.54, 1.807) is 6.07 Å². The van der Waals surface area contributed by atoms with Gasteiger partial charge in [-0.1, -0.05) is 48.5 Å². The van der Waals surface area contributed by atoms with Crippen LogP contribution in [0.15, 0.2) is 60.7 Å². The first-order valence-electron chi connectivity index (χ1n) is 11.8. The Labute approximate surface area is 196 Å². The average molecular weight is 444 g/mol. The molecule has 172 valence electrons. The van der Waals surface area contributed by atoms with Crippen LogP contribution in [0.5, 0.6) is 0 Å². The summed E-state index contributed by atoms with van der Waals surface area (Å²) in [6.07, 6.45) is 1.90. The van der Waals surface area contributed by atoms with Crippen molar-refractivity contribution in [3.63, 3.8) is 0 Å². The number of nitrogens with zero attached hydrogens (tertiary/aromatic N) is 1. The normalized spacial score (nSPS) is 17.3. The Balaban J connectivity index is 1.50. The highest BCUT2D eigenvalue weighted by Gasteiger charge is 2.32. The van der Waals surface area contributed by atoms with Gasteiger partial charge < -0.3 is 10.6 Å². The number of amides is 2. The third-order valence-corrected chi connectivity index (χ3v) is 6.65. The van der Waals surface area contributed by atoms with E-state index in [4.69, 9.17) is 0 Å². The van der Waals surface area contributed by atoms with E-state index in [2.05, 4.69) is 53.6 Å². The molecular formula is C28H33N3O2. The molecule has 1 aliphatic heterocycles. The molecule has 0 unspecified atom stereocenters. The molecule has 4 rings (SSSR count). The fourth-order valence-corrected chi connectivity index (χ4v) is 4.84. The number of hydrogen-bond acceptors (Lipinski definition) is 3. The second kappa shape index (κ2) is 9.75. The number of anilines is 1. The second-order valence-corrected chi connectivity index (χ2v) is 9.27. The molecular weight excluding hydrogens is 410 g/mol. The molecule has 3 aromatic rings. The molecule has 2 amide bonds. The smallest absolute Gasteiger partial charge is 0.252 e. The highest BCUT2D eigenvalue weighted by Crippen LogP contribution is 2.26. The maximum absolute atomic E-state index is 13.2. The maximum atomic E-state index is 13.2. The molecule has 1 heterocycles. The van der Waals surface area contributed by atoms with Gasteiger partial charge in [-0.2, -0.15) is 0 Å². The SMILES string of the molecule is Cc1ccc(NC(=O)[C@@H]2CCCN2C(C)C)cc1C(=O)N[C@H](C)c1cccc2ccccc12. The summed E-state index contributed by atoms with van der Waals surface area (Å²) in [5, 5.41) is 8.47. The highest BCUT2D eigenvalue weighted by molar-refractivity contribution is 6.00. The summed E-state index contributed by atoms with van der Waals surface area (Å²) in [4.78, 5) is 28.4. The van der Waals surface area contributed by atoms with Crippen LogP contribution in [0.3, 0.4) is 0 Å². The van der Waals surface area contributed by atoms with Gasteiger partial charge in [-0.15, -0.1) is 0 Å². The summed E-state index contributed by atoms with van der Waals surface area (Å²) in [7, 11) is 0. The summed E-state index contributed by atoms with van der Waals surface area (Å²) >= 11 is 0. The van der Waals surface area contributed by atoms with Gasteiger partial charge in [0.1, 0.15) is 0 Å². The van der Waals surface area contributed by atoms with Crippen molar-refractivity contribution in [3.8, 4) is 0 Å². The lowest BCUT2D eigenvalue weighted by Gasteiger charge is -2.27. The van der Waals surface area contributed by atoms with Gasteiger partial charge in [-0.05, 0) is 81.1 Å². The Morgan fingerprint density at radius 3 is 2.55 bits per heavy atom. The van der Waals surface area contributed by atoms with E-state index in [1.165, 1.54) is 0 Å². The van der Waals surface area contributed by atoms with E-state index in [0.29, 0.717) is 17.3 Å². The molecule has 0 saturated carbocycles. The van der Waals surface area contributed by atoms with Gasteiger partial charge in [0.25, 0.3) is 5.91 Å². The van der Waals surface area contributed by atoms with Crippen LogP contribution in [0.25, 0.3) is 10.8 Å². The highest BCUT2D eigenvalue weighted by atomic mass is 16.2. The van der Waals surface area contributed by atoms with Gasteiger partial charge >= 0.3 is 0 Å². The minimum Gasteiger partial charge on any atom is -0.345 e. The predicted octanol–water partition coefficient (Wildman–Crippen LogP) is 5.45. The zero-order valence-electron chi connectivity index (χ0n) is 19.9. The summed E-state index contributed by atoms with van der Waals surface area (Å²) in [5.41, 5.74) is 3.19. The van der Waals surface area contributed by atoms with E-state index in [-0.39, 0.29) is 23.9 Å². The number of fused-ring (bicyclic) bond motifs is 1. The molecule has 0 bridgehead atoms. The third-order valence-electron chi connectivity index (χ3n) is 6.65. The Bertz CT molecular complexity index is 1170. The first kappa shape index (κ1) is 23.0. The minimum atomic E-state index is -0.153. The molecule has 33 heavy (non-hydrogen) atoms. The summed E-state index contributed by atoms with van der Waals surface area (Å²) in [6, 6.07) is 20.0. The van der Waals surface area contributed by atoms with Crippen LogP contribution in [0.1, 0.15) is 61.1 Å². The first-order valence-corrected chi connectivity index (χ1v) is 11.8. The zero-order chi connectivity index (χ0) is 23.5. The van der Waals surface area contributed by atoms with Crippen molar-refractivity contribution < 1.29 is 9.59 Å². The fourth-order valence-electron chi connectivity index (χ4n) is 4.84. The van der Waals surface area contributed by atoms with E-state index in [9.17, 15) is 9.59 Å². The Kier molecular flexibility index (Phi) is 6.80. The van der Waals surface area contributed by atoms with E-state index >= 15 is 0 Å². The molecule has 5 heteroatoms. The van der Waals surface area contributed by atoms with Crippen molar-refractivity contribution in [2.45, 2.75) is 58.7 Å². The van der Waals surface area contributed by atoms with E-state index in [1.807, 2.05) is 44.2 Å². The fraction of sp³-hybridized carbons (Fsp3) is 0.357. The first-order chi connectivity index (χ1) is 15.8. The van der Waals surface area contributed by atoms with Gasteiger partial charge in [-0.25, -0.2) is 0 Å². The lowest BCUT2D eigenvalue weighted by Crippen LogP contribution is -2.43. The van der Waals surface area contributed by atoms with Crippen molar-refractivity contribution >= 4 is 28.3 Å². The number of hydrogen-bond donors (Lipinski definition) is 2. The molecule has 1 aliphatic rings. The van der Waals surface area contributed by atoms with Crippen molar-refractivity contribution in [1.29, 1.82) is 0 Å². The van der Waals surface area contributed by atoms with Crippen LogP contribution in [-0.2, 0) is 4.79 Å². The standard InChI is InChI=1S/C28H33N3O2/c1-18(2)31-16-8-13-26(31)28(33)30-22-15-14-19(3)25(17-22)27(32)29-20(4)23-12-7-10-21-9-5-6-11-24(21)23/h5-7,9-12,14-15,17-18,20,26H,8,13,16H2,1-4H3,(H,29,32)(H,30,33)/t20-,26+/m1/s1. The molecule has 1 saturated heterocycles. The van der Waals surface area contributed by atoms with Crippen LogP contribution in [0, 0.1) is 6.92 Å². The Morgan fingerprint density at radius 1 is 1.00 bits per heavy atom. The van der Waals surface area contributed by atoms with Crippen LogP contribution >= 0.6 is 0 Å². The van der Waals surface area contributed by atoms with Crippen LogP contribution in [0.2, 0.25) is 0 Å². The molecule has 0 spiro atoms.